The fourth-order valence-electron chi connectivity index (χ4n) is 2.56. The normalized spacial score (nSPS) is 14.3. The van der Waals surface area contributed by atoms with Crippen LogP contribution in [0.5, 0.6) is 0 Å². The van der Waals surface area contributed by atoms with E-state index in [0.29, 0.717) is 12.1 Å². The van der Waals surface area contributed by atoms with Crippen molar-refractivity contribution in [1.82, 2.24) is 15.1 Å². The second-order valence-corrected chi connectivity index (χ2v) is 5.78. The largest absolute Gasteiger partial charge is 0.382 e. The van der Waals surface area contributed by atoms with E-state index in [-0.39, 0.29) is 0 Å². The average Bonchev–Trinajstić information content (AvgIpc) is 2.91. The molecule has 1 aromatic rings. The number of nitrogens with one attached hydrogen (secondary N) is 1. The van der Waals surface area contributed by atoms with Crippen molar-refractivity contribution in [3.8, 4) is 0 Å². The van der Waals surface area contributed by atoms with E-state index in [1.165, 1.54) is 17.8 Å². The maximum Gasteiger partial charge on any atom is 0.0624 e. The zero-order valence-electron chi connectivity index (χ0n) is 14.5. The van der Waals surface area contributed by atoms with Crippen molar-refractivity contribution < 1.29 is 4.74 Å². The molecule has 0 bridgehead atoms. The molecule has 0 amide bonds. The molecule has 1 heterocycles. The van der Waals surface area contributed by atoms with Gasteiger partial charge in [0, 0.05) is 31.8 Å². The highest BCUT2D eigenvalue weighted by molar-refractivity contribution is 5.12. The monoisotopic (exact) mass is 295 g/mol. The summed E-state index contributed by atoms with van der Waals surface area (Å²) < 4.78 is 7.53. The van der Waals surface area contributed by atoms with Crippen LogP contribution in [0.4, 0.5) is 0 Å². The van der Waals surface area contributed by atoms with Crippen LogP contribution < -0.4 is 5.32 Å². The summed E-state index contributed by atoms with van der Waals surface area (Å²) in [6.07, 6.45) is 5.80. The molecule has 0 aliphatic carbocycles. The van der Waals surface area contributed by atoms with Gasteiger partial charge >= 0.3 is 0 Å². The molecule has 21 heavy (non-hydrogen) atoms. The number of ether oxygens (including phenoxy) is 1. The van der Waals surface area contributed by atoms with Gasteiger partial charge in [-0.3, -0.25) is 4.68 Å². The molecule has 0 radical (unpaired) electrons. The lowest BCUT2D eigenvalue weighted by Crippen LogP contribution is -2.33. The third kappa shape index (κ3) is 6.18. The van der Waals surface area contributed by atoms with Gasteiger partial charge in [0.2, 0.25) is 0 Å². The fourth-order valence-corrected chi connectivity index (χ4v) is 2.56. The Hall–Kier alpha value is -0.870. The van der Waals surface area contributed by atoms with Crippen LogP contribution >= 0.6 is 0 Å². The molecule has 1 rings (SSSR count). The van der Waals surface area contributed by atoms with Gasteiger partial charge < -0.3 is 10.1 Å². The second-order valence-electron chi connectivity index (χ2n) is 5.78. The van der Waals surface area contributed by atoms with E-state index in [2.05, 4.69) is 48.9 Å². The summed E-state index contributed by atoms with van der Waals surface area (Å²) in [5.74, 6) is 0. The lowest BCUT2D eigenvalue weighted by Gasteiger charge is -2.20. The molecule has 1 aromatic heterocycles. The van der Waals surface area contributed by atoms with Crippen molar-refractivity contribution in [3.63, 3.8) is 0 Å². The minimum absolute atomic E-state index is 0.332. The maximum atomic E-state index is 5.38. The maximum absolute atomic E-state index is 5.38. The smallest absolute Gasteiger partial charge is 0.0624 e. The standard InChI is InChI=1S/C17H33N3O/c1-6-11-18-16(10-9-14(4)21-5)13-17-12-15(7-2)19-20(17)8-3/h12,14,16,18H,6-11,13H2,1-5H3. The molecule has 4 heteroatoms. The Bertz CT molecular complexity index is 389. The quantitative estimate of drug-likeness (QED) is 0.681. The molecule has 0 aliphatic heterocycles. The van der Waals surface area contributed by atoms with E-state index >= 15 is 0 Å². The van der Waals surface area contributed by atoms with Crippen molar-refractivity contribution >= 4 is 0 Å². The van der Waals surface area contributed by atoms with Crippen LogP contribution in [0, 0.1) is 0 Å². The Morgan fingerprint density at radius 1 is 1.29 bits per heavy atom. The van der Waals surface area contributed by atoms with Gasteiger partial charge in [0.25, 0.3) is 0 Å². The predicted octanol–water partition coefficient (Wildman–Crippen LogP) is 3.19. The highest BCUT2D eigenvalue weighted by Gasteiger charge is 2.14. The van der Waals surface area contributed by atoms with Gasteiger partial charge in [-0.2, -0.15) is 5.10 Å². The first-order valence-corrected chi connectivity index (χ1v) is 8.46. The van der Waals surface area contributed by atoms with Gasteiger partial charge in [-0.25, -0.2) is 0 Å². The zero-order valence-corrected chi connectivity index (χ0v) is 14.5. The molecule has 0 saturated heterocycles. The molecule has 1 N–H and O–H groups in total. The van der Waals surface area contributed by atoms with E-state index in [0.717, 1.165) is 38.8 Å². The van der Waals surface area contributed by atoms with Crippen LogP contribution in [0.25, 0.3) is 0 Å². The van der Waals surface area contributed by atoms with Crippen molar-refractivity contribution in [2.45, 2.75) is 78.5 Å². The number of methoxy groups -OCH3 is 1. The van der Waals surface area contributed by atoms with Gasteiger partial charge in [-0.05, 0) is 52.1 Å². The number of rotatable bonds is 11. The van der Waals surface area contributed by atoms with Crippen molar-refractivity contribution in [1.29, 1.82) is 0 Å². The summed E-state index contributed by atoms with van der Waals surface area (Å²) in [7, 11) is 1.79. The van der Waals surface area contributed by atoms with E-state index in [9.17, 15) is 0 Å². The summed E-state index contributed by atoms with van der Waals surface area (Å²) in [4.78, 5) is 0. The zero-order chi connectivity index (χ0) is 15.7. The molecule has 2 atom stereocenters. The van der Waals surface area contributed by atoms with Crippen LogP contribution in [0.15, 0.2) is 6.07 Å². The summed E-state index contributed by atoms with van der Waals surface area (Å²) >= 11 is 0. The van der Waals surface area contributed by atoms with E-state index in [1.54, 1.807) is 7.11 Å². The topological polar surface area (TPSA) is 39.1 Å². The minimum atomic E-state index is 0.332. The van der Waals surface area contributed by atoms with E-state index in [4.69, 9.17) is 4.74 Å². The summed E-state index contributed by atoms with van der Waals surface area (Å²) in [5, 5.41) is 8.34. The third-order valence-corrected chi connectivity index (χ3v) is 4.04. The minimum Gasteiger partial charge on any atom is -0.382 e. The predicted molar refractivity (Wildman–Crippen MR) is 88.8 cm³/mol. The van der Waals surface area contributed by atoms with Gasteiger partial charge in [0.1, 0.15) is 0 Å². The first kappa shape index (κ1) is 18.2. The molecule has 0 fully saturated rings. The highest BCUT2D eigenvalue weighted by Crippen LogP contribution is 2.13. The van der Waals surface area contributed by atoms with Crippen molar-refractivity contribution in [2.75, 3.05) is 13.7 Å². The molecule has 0 spiro atoms. The molecule has 2 unspecified atom stereocenters. The van der Waals surface area contributed by atoms with E-state index < -0.39 is 0 Å². The second kappa shape index (κ2) is 9.96. The van der Waals surface area contributed by atoms with E-state index in [1.807, 2.05) is 0 Å². The average molecular weight is 295 g/mol. The number of hydrogen-bond acceptors (Lipinski definition) is 3. The molecule has 0 saturated carbocycles. The number of nitrogens with zero attached hydrogens (tertiary/aromatic N) is 2. The Morgan fingerprint density at radius 2 is 2.05 bits per heavy atom. The van der Waals surface area contributed by atoms with Crippen LogP contribution in [0.1, 0.15) is 58.3 Å². The highest BCUT2D eigenvalue weighted by atomic mass is 16.5. The summed E-state index contributed by atoms with van der Waals surface area (Å²) in [5.41, 5.74) is 2.55. The van der Waals surface area contributed by atoms with Gasteiger partial charge in [-0.1, -0.05) is 13.8 Å². The SMILES string of the molecule is CCCNC(CCC(C)OC)Cc1cc(CC)nn1CC. The summed E-state index contributed by atoms with van der Waals surface area (Å²) in [6, 6.07) is 2.78. The first-order chi connectivity index (χ1) is 10.1. The Balaban J connectivity index is 2.67. The van der Waals surface area contributed by atoms with Crippen molar-refractivity contribution in [2.24, 2.45) is 0 Å². The number of aromatic nitrogens is 2. The van der Waals surface area contributed by atoms with Crippen molar-refractivity contribution in [3.05, 3.63) is 17.5 Å². The lowest BCUT2D eigenvalue weighted by molar-refractivity contribution is 0.106. The van der Waals surface area contributed by atoms with Gasteiger partial charge in [0.05, 0.1) is 11.8 Å². The van der Waals surface area contributed by atoms with Gasteiger partial charge in [0.15, 0.2) is 0 Å². The molecule has 4 nitrogen and oxygen atoms in total. The Morgan fingerprint density at radius 3 is 2.62 bits per heavy atom. The Kier molecular flexibility index (Phi) is 8.62. The molecular formula is C17H33N3O. The van der Waals surface area contributed by atoms with Crippen LogP contribution in [0.3, 0.4) is 0 Å². The molecule has 122 valence electrons. The van der Waals surface area contributed by atoms with Crippen LogP contribution in [0.2, 0.25) is 0 Å². The number of aryl methyl sites for hydroxylation is 2. The lowest BCUT2D eigenvalue weighted by atomic mass is 10.0. The fraction of sp³-hybridized carbons (Fsp3) is 0.824. The Labute approximate surface area is 130 Å². The van der Waals surface area contributed by atoms with Gasteiger partial charge in [-0.15, -0.1) is 0 Å². The molecule has 0 aromatic carbocycles. The summed E-state index contributed by atoms with van der Waals surface area (Å²) in [6.45, 7) is 10.7. The first-order valence-electron chi connectivity index (χ1n) is 8.46. The number of hydrogen-bond donors (Lipinski definition) is 1. The third-order valence-electron chi connectivity index (χ3n) is 4.04. The molecular weight excluding hydrogens is 262 g/mol. The molecule has 0 aliphatic rings. The van der Waals surface area contributed by atoms with Crippen LogP contribution in [-0.4, -0.2) is 35.6 Å². The van der Waals surface area contributed by atoms with Crippen LogP contribution in [-0.2, 0) is 24.1 Å².